The van der Waals surface area contributed by atoms with E-state index in [4.69, 9.17) is 0 Å². The standard InChI is InChI=1S/C13H19N5/c1-4-14-13(9-11-6-8-18(3)17-11)12-5-7-15-10(2)16-12/h5-8,13-14H,4,9H2,1-3H3. The molecule has 0 fully saturated rings. The molecule has 0 aromatic carbocycles. The summed E-state index contributed by atoms with van der Waals surface area (Å²) in [4.78, 5) is 8.62. The lowest BCUT2D eigenvalue weighted by Gasteiger charge is -2.16. The second-order valence-electron chi connectivity index (χ2n) is 4.32. The maximum Gasteiger partial charge on any atom is 0.125 e. The molecule has 0 bridgehead atoms. The Kier molecular flexibility index (Phi) is 4.04. The van der Waals surface area contributed by atoms with E-state index in [0.717, 1.165) is 30.2 Å². The zero-order chi connectivity index (χ0) is 13.0. The third-order valence-electron chi connectivity index (χ3n) is 2.79. The van der Waals surface area contributed by atoms with Crippen LogP contribution in [-0.4, -0.2) is 26.3 Å². The highest BCUT2D eigenvalue weighted by molar-refractivity contribution is 5.12. The third kappa shape index (κ3) is 3.13. The van der Waals surface area contributed by atoms with Crippen LogP contribution in [0.3, 0.4) is 0 Å². The van der Waals surface area contributed by atoms with Gasteiger partial charge >= 0.3 is 0 Å². The lowest BCUT2D eigenvalue weighted by molar-refractivity contribution is 0.525. The van der Waals surface area contributed by atoms with Gasteiger partial charge in [0.25, 0.3) is 0 Å². The largest absolute Gasteiger partial charge is 0.309 e. The number of nitrogens with zero attached hydrogens (tertiary/aromatic N) is 4. The maximum atomic E-state index is 4.49. The molecule has 2 heterocycles. The van der Waals surface area contributed by atoms with Crippen molar-refractivity contribution in [3.05, 3.63) is 41.7 Å². The summed E-state index contributed by atoms with van der Waals surface area (Å²) in [5, 5.41) is 7.86. The smallest absolute Gasteiger partial charge is 0.125 e. The lowest BCUT2D eigenvalue weighted by atomic mass is 10.1. The fourth-order valence-corrected chi connectivity index (χ4v) is 1.98. The SMILES string of the molecule is CCNC(Cc1ccn(C)n1)c1ccnc(C)n1. The first kappa shape index (κ1) is 12.7. The maximum absolute atomic E-state index is 4.49. The number of likely N-dealkylation sites (N-methyl/N-ethyl adjacent to an activating group) is 1. The Morgan fingerprint density at radius 2 is 2.22 bits per heavy atom. The average molecular weight is 245 g/mol. The zero-order valence-corrected chi connectivity index (χ0v) is 11.1. The lowest BCUT2D eigenvalue weighted by Crippen LogP contribution is -2.24. The van der Waals surface area contributed by atoms with Crippen molar-refractivity contribution in [2.24, 2.45) is 7.05 Å². The molecule has 18 heavy (non-hydrogen) atoms. The van der Waals surface area contributed by atoms with E-state index in [0.29, 0.717) is 0 Å². The van der Waals surface area contributed by atoms with Gasteiger partial charge in [-0.3, -0.25) is 4.68 Å². The highest BCUT2D eigenvalue weighted by Crippen LogP contribution is 2.15. The van der Waals surface area contributed by atoms with Gasteiger partial charge in [0, 0.05) is 25.9 Å². The van der Waals surface area contributed by atoms with E-state index in [-0.39, 0.29) is 6.04 Å². The summed E-state index contributed by atoms with van der Waals surface area (Å²) < 4.78 is 1.82. The van der Waals surface area contributed by atoms with Crippen molar-refractivity contribution in [3.63, 3.8) is 0 Å². The quantitative estimate of drug-likeness (QED) is 0.865. The molecule has 1 N–H and O–H groups in total. The molecule has 0 saturated heterocycles. The van der Waals surface area contributed by atoms with Gasteiger partial charge in [0.05, 0.1) is 17.4 Å². The molecule has 0 saturated carbocycles. The van der Waals surface area contributed by atoms with E-state index in [1.807, 2.05) is 37.0 Å². The Hall–Kier alpha value is -1.75. The fourth-order valence-electron chi connectivity index (χ4n) is 1.98. The van der Waals surface area contributed by atoms with Crippen LogP contribution < -0.4 is 5.32 Å². The van der Waals surface area contributed by atoms with Crippen molar-refractivity contribution in [1.82, 2.24) is 25.1 Å². The first-order chi connectivity index (χ1) is 8.69. The normalized spacial score (nSPS) is 12.6. The molecule has 0 aliphatic rings. The van der Waals surface area contributed by atoms with Crippen LogP contribution in [0, 0.1) is 6.92 Å². The predicted octanol–water partition coefficient (Wildman–Crippen LogP) is 1.41. The molecule has 1 atom stereocenters. The van der Waals surface area contributed by atoms with Crippen LogP contribution in [0.5, 0.6) is 0 Å². The zero-order valence-electron chi connectivity index (χ0n) is 11.1. The van der Waals surface area contributed by atoms with E-state index in [1.54, 1.807) is 6.20 Å². The number of hydrogen-bond acceptors (Lipinski definition) is 4. The Labute approximate surface area is 107 Å². The second-order valence-corrected chi connectivity index (χ2v) is 4.32. The molecule has 96 valence electrons. The second kappa shape index (κ2) is 5.73. The van der Waals surface area contributed by atoms with Gasteiger partial charge in [-0.05, 0) is 25.6 Å². The minimum absolute atomic E-state index is 0.187. The fraction of sp³-hybridized carbons (Fsp3) is 0.462. The van der Waals surface area contributed by atoms with Crippen LogP contribution in [-0.2, 0) is 13.5 Å². The van der Waals surface area contributed by atoms with E-state index in [2.05, 4.69) is 27.3 Å². The number of aryl methyl sites for hydroxylation is 2. The third-order valence-corrected chi connectivity index (χ3v) is 2.79. The molecule has 0 amide bonds. The molecule has 5 heteroatoms. The van der Waals surface area contributed by atoms with E-state index in [1.165, 1.54) is 0 Å². The molecule has 2 aromatic rings. The topological polar surface area (TPSA) is 55.6 Å². The van der Waals surface area contributed by atoms with Crippen LogP contribution in [0.25, 0.3) is 0 Å². The summed E-state index contributed by atoms with van der Waals surface area (Å²) in [7, 11) is 1.93. The Morgan fingerprint density at radius 1 is 1.39 bits per heavy atom. The molecule has 2 aromatic heterocycles. The molecule has 0 radical (unpaired) electrons. The molecule has 2 rings (SSSR count). The Balaban J connectivity index is 2.17. The van der Waals surface area contributed by atoms with Crippen LogP contribution in [0.15, 0.2) is 24.5 Å². The minimum atomic E-state index is 0.187. The molecular weight excluding hydrogens is 226 g/mol. The highest BCUT2D eigenvalue weighted by Gasteiger charge is 2.14. The van der Waals surface area contributed by atoms with Crippen molar-refractivity contribution in [2.75, 3.05) is 6.54 Å². The van der Waals surface area contributed by atoms with Crippen molar-refractivity contribution < 1.29 is 0 Å². The summed E-state index contributed by atoms with van der Waals surface area (Å²) in [6, 6.07) is 4.19. The van der Waals surface area contributed by atoms with Gasteiger partial charge in [-0.25, -0.2) is 9.97 Å². The minimum Gasteiger partial charge on any atom is -0.309 e. The molecule has 5 nitrogen and oxygen atoms in total. The van der Waals surface area contributed by atoms with Gasteiger partial charge in [0.15, 0.2) is 0 Å². The van der Waals surface area contributed by atoms with E-state index >= 15 is 0 Å². The monoisotopic (exact) mass is 245 g/mol. The average Bonchev–Trinajstić information content (AvgIpc) is 2.74. The first-order valence-electron chi connectivity index (χ1n) is 6.20. The molecule has 0 aliphatic carbocycles. The molecular formula is C13H19N5. The first-order valence-corrected chi connectivity index (χ1v) is 6.20. The van der Waals surface area contributed by atoms with Crippen molar-refractivity contribution in [1.29, 1.82) is 0 Å². The highest BCUT2D eigenvalue weighted by atomic mass is 15.2. The summed E-state index contributed by atoms with van der Waals surface area (Å²) in [6.45, 7) is 4.91. The summed E-state index contributed by atoms with van der Waals surface area (Å²) in [5.74, 6) is 0.802. The Bertz CT molecular complexity index is 506. The van der Waals surface area contributed by atoms with Gasteiger partial charge in [0.1, 0.15) is 5.82 Å². The summed E-state index contributed by atoms with van der Waals surface area (Å²) in [5.41, 5.74) is 2.09. The number of nitrogens with one attached hydrogen (secondary N) is 1. The molecule has 1 unspecified atom stereocenters. The number of hydrogen-bond donors (Lipinski definition) is 1. The van der Waals surface area contributed by atoms with E-state index < -0.39 is 0 Å². The van der Waals surface area contributed by atoms with E-state index in [9.17, 15) is 0 Å². The van der Waals surface area contributed by atoms with Crippen molar-refractivity contribution in [3.8, 4) is 0 Å². The van der Waals surface area contributed by atoms with Gasteiger partial charge < -0.3 is 5.32 Å². The number of rotatable bonds is 5. The predicted molar refractivity (Wildman–Crippen MR) is 70.1 cm³/mol. The van der Waals surface area contributed by atoms with Crippen molar-refractivity contribution >= 4 is 0 Å². The van der Waals surface area contributed by atoms with Crippen LogP contribution in [0.4, 0.5) is 0 Å². The Morgan fingerprint density at radius 3 is 2.83 bits per heavy atom. The van der Waals surface area contributed by atoms with Gasteiger partial charge in [-0.1, -0.05) is 6.92 Å². The number of aromatic nitrogens is 4. The van der Waals surface area contributed by atoms with Gasteiger partial charge in [-0.15, -0.1) is 0 Å². The van der Waals surface area contributed by atoms with Gasteiger partial charge in [-0.2, -0.15) is 5.10 Å². The molecule has 0 spiro atoms. The van der Waals surface area contributed by atoms with Crippen LogP contribution in [0.1, 0.15) is 30.2 Å². The molecule has 0 aliphatic heterocycles. The van der Waals surface area contributed by atoms with Crippen molar-refractivity contribution in [2.45, 2.75) is 26.3 Å². The van der Waals surface area contributed by atoms with Crippen LogP contribution in [0.2, 0.25) is 0 Å². The summed E-state index contributed by atoms with van der Waals surface area (Å²) in [6.07, 6.45) is 4.61. The van der Waals surface area contributed by atoms with Gasteiger partial charge in [0.2, 0.25) is 0 Å². The van der Waals surface area contributed by atoms with Crippen LogP contribution >= 0.6 is 0 Å². The summed E-state index contributed by atoms with van der Waals surface area (Å²) >= 11 is 0.